The first kappa shape index (κ1) is 21.1. The first-order valence-corrected chi connectivity index (χ1v) is 10.5. The van der Waals surface area contributed by atoms with Crippen molar-refractivity contribution >= 4 is 40.8 Å². The van der Waals surface area contributed by atoms with Crippen LogP contribution in [0.15, 0.2) is 60.8 Å². The van der Waals surface area contributed by atoms with Crippen molar-refractivity contribution in [1.82, 2.24) is 9.97 Å². The number of nitrogens with one attached hydrogen (secondary N) is 1. The molecule has 0 fully saturated rings. The van der Waals surface area contributed by atoms with Crippen molar-refractivity contribution in [2.24, 2.45) is 5.92 Å². The van der Waals surface area contributed by atoms with E-state index in [1.54, 1.807) is 28.1 Å². The molecule has 2 unspecified atom stereocenters. The zero-order valence-corrected chi connectivity index (χ0v) is 18.1. The Morgan fingerprint density at radius 1 is 1.16 bits per heavy atom. The number of carbonyl (C=O) groups excluding carboxylic acids is 1. The Morgan fingerprint density at radius 2 is 1.87 bits per heavy atom. The van der Waals surface area contributed by atoms with Crippen molar-refractivity contribution in [3.8, 4) is 0 Å². The minimum absolute atomic E-state index is 0.0319. The second-order valence-electron chi connectivity index (χ2n) is 7.67. The number of nitrogens with zero attached hydrogens (tertiary/aromatic N) is 4. The maximum absolute atomic E-state index is 13.6. The number of aliphatic hydroxyl groups excluding tert-OH is 1. The number of hydrogen-bond acceptors (Lipinski definition) is 5. The number of halogens is 1. The number of benzene rings is 2. The largest absolute Gasteiger partial charge is 0.396 e. The molecule has 0 radical (unpaired) electrons. The highest BCUT2D eigenvalue weighted by atomic mass is 35.5. The van der Waals surface area contributed by atoms with Gasteiger partial charge in [-0.3, -0.25) is 9.80 Å². The monoisotopic (exact) mass is 437 g/mol. The molecule has 0 spiro atoms. The molecule has 0 saturated carbocycles. The number of aromatic nitrogens is 2. The lowest BCUT2D eigenvalue weighted by Gasteiger charge is -2.41. The summed E-state index contributed by atoms with van der Waals surface area (Å²) in [6, 6.07) is 16.3. The van der Waals surface area contributed by atoms with E-state index in [-0.39, 0.29) is 24.6 Å². The molecule has 2 N–H and O–H groups in total. The van der Waals surface area contributed by atoms with E-state index in [4.69, 9.17) is 11.6 Å². The maximum Gasteiger partial charge on any atom is 0.330 e. The number of anilines is 4. The Labute approximate surface area is 186 Å². The van der Waals surface area contributed by atoms with E-state index < -0.39 is 0 Å². The Kier molecular flexibility index (Phi) is 6.06. The standard InChI is InChI=1S/C23H24ClN5O2/c1-15(14-30)13-28-21-20(12-25-22(27-21)26-18-6-4-3-5-7-18)16(2)29(23(28)31)19-10-8-17(24)9-11-19/h3-12,15-16,30H,13-14H2,1-2H3,(H,25,26,27). The fourth-order valence-electron chi connectivity index (χ4n) is 3.60. The van der Waals surface area contributed by atoms with Crippen molar-refractivity contribution in [2.45, 2.75) is 19.9 Å². The van der Waals surface area contributed by atoms with Crippen LogP contribution in [0.2, 0.25) is 5.02 Å². The number of urea groups is 1. The molecule has 1 aliphatic rings. The molecule has 1 aliphatic heterocycles. The third-order valence-electron chi connectivity index (χ3n) is 5.27. The topological polar surface area (TPSA) is 81.6 Å². The minimum atomic E-state index is -0.268. The van der Waals surface area contributed by atoms with Crippen molar-refractivity contribution in [1.29, 1.82) is 0 Å². The molecule has 2 amide bonds. The van der Waals surface area contributed by atoms with Crippen LogP contribution >= 0.6 is 11.6 Å². The molecule has 0 bridgehead atoms. The predicted octanol–water partition coefficient (Wildman–Crippen LogP) is 5.01. The molecular formula is C23H24ClN5O2. The summed E-state index contributed by atoms with van der Waals surface area (Å²) < 4.78 is 0. The lowest BCUT2D eigenvalue weighted by atomic mass is 10.0. The molecule has 31 heavy (non-hydrogen) atoms. The highest BCUT2D eigenvalue weighted by Crippen LogP contribution is 2.39. The van der Waals surface area contributed by atoms with Gasteiger partial charge in [-0.1, -0.05) is 36.7 Å². The van der Waals surface area contributed by atoms with Gasteiger partial charge >= 0.3 is 6.03 Å². The van der Waals surface area contributed by atoms with Gasteiger partial charge in [-0.2, -0.15) is 4.98 Å². The first-order valence-electron chi connectivity index (χ1n) is 10.1. The number of para-hydroxylation sites is 1. The van der Waals surface area contributed by atoms with Gasteiger partial charge in [0.05, 0.1) is 6.04 Å². The summed E-state index contributed by atoms with van der Waals surface area (Å²) in [6.45, 7) is 4.14. The van der Waals surface area contributed by atoms with Crippen LogP contribution in [-0.2, 0) is 0 Å². The third-order valence-corrected chi connectivity index (χ3v) is 5.52. The summed E-state index contributed by atoms with van der Waals surface area (Å²) >= 11 is 6.04. The summed E-state index contributed by atoms with van der Waals surface area (Å²) in [5, 5.41) is 13.4. The summed E-state index contributed by atoms with van der Waals surface area (Å²) in [5.41, 5.74) is 2.43. The van der Waals surface area contributed by atoms with Crippen molar-refractivity contribution in [3.05, 3.63) is 71.4 Å². The molecule has 0 aliphatic carbocycles. The quantitative estimate of drug-likeness (QED) is 0.566. The van der Waals surface area contributed by atoms with E-state index in [2.05, 4.69) is 15.3 Å². The van der Waals surface area contributed by atoms with Crippen LogP contribution in [0.25, 0.3) is 0 Å². The molecule has 2 heterocycles. The molecule has 3 aromatic rings. The number of hydrogen-bond donors (Lipinski definition) is 2. The van der Waals surface area contributed by atoms with Gasteiger partial charge in [-0.15, -0.1) is 0 Å². The normalized spacial score (nSPS) is 16.8. The van der Waals surface area contributed by atoms with Gasteiger partial charge in [0.15, 0.2) is 0 Å². The van der Waals surface area contributed by atoms with Gasteiger partial charge < -0.3 is 10.4 Å². The Balaban J connectivity index is 1.75. The predicted molar refractivity (Wildman–Crippen MR) is 123 cm³/mol. The first-order chi connectivity index (χ1) is 15.0. The lowest BCUT2D eigenvalue weighted by Crippen LogP contribution is -2.51. The summed E-state index contributed by atoms with van der Waals surface area (Å²) in [5.74, 6) is 0.848. The number of carbonyl (C=O) groups is 1. The smallest absolute Gasteiger partial charge is 0.330 e. The fourth-order valence-corrected chi connectivity index (χ4v) is 3.72. The second-order valence-corrected chi connectivity index (χ2v) is 8.10. The molecule has 8 heteroatoms. The zero-order valence-electron chi connectivity index (χ0n) is 17.4. The summed E-state index contributed by atoms with van der Waals surface area (Å²) in [7, 11) is 0. The SMILES string of the molecule is CC(CO)CN1C(=O)N(c2ccc(Cl)cc2)C(C)c2cnc(Nc3ccccc3)nc21. The number of amides is 2. The Morgan fingerprint density at radius 3 is 2.55 bits per heavy atom. The minimum Gasteiger partial charge on any atom is -0.396 e. The molecule has 0 saturated heterocycles. The second kappa shape index (κ2) is 8.91. The average Bonchev–Trinajstić information content (AvgIpc) is 2.78. The van der Waals surface area contributed by atoms with Gasteiger partial charge in [0.25, 0.3) is 0 Å². The molecule has 1 aromatic heterocycles. The molecule has 4 rings (SSSR count). The number of fused-ring (bicyclic) bond motifs is 1. The molecule has 160 valence electrons. The highest BCUT2D eigenvalue weighted by molar-refractivity contribution is 6.30. The number of rotatable bonds is 6. The zero-order chi connectivity index (χ0) is 22.0. The van der Waals surface area contributed by atoms with Gasteiger partial charge in [0.1, 0.15) is 5.82 Å². The Hall–Kier alpha value is -3.16. The van der Waals surface area contributed by atoms with Crippen molar-refractivity contribution in [2.75, 3.05) is 28.3 Å². The highest BCUT2D eigenvalue weighted by Gasteiger charge is 2.38. The van der Waals surface area contributed by atoms with Crippen LogP contribution < -0.4 is 15.1 Å². The van der Waals surface area contributed by atoms with E-state index in [0.29, 0.717) is 23.3 Å². The number of aliphatic hydroxyl groups is 1. The Bertz CT molecular complexity index is 1060. The van der Waals surface area contributed by atoms with E-state index in [1.165, 1.54) is 0 Å². The lowest BCUT2D eigenvalue weighted by molar-refractivity contribution is 0.230. The van der Waals surface area contributed by atoms with Crippen LogP contribution in [-0.4, -0.2) is 34.3 Å². The van der Waals surface area contributed by atoms with Crippen LogP contribution in [0.5, 0.6) is 0 Å². The average molecular weight is 438 g/mol. The van der Waals surface area contributed by atoms with Crippen molar-refractivity contribution < 1.29 is 9.90 Å². The van der Waals surface area contributed by atoms with Crippen LogP contribution in [0.4, 0.5) is 27.9 Å². The molecular weight excluding hydrogens is 414 g/mol. The van der Waals surface area contributed by atoms with Gasteiger partial charge in [-0.25, -0.2) is 9.78 Å². The van der Waals surface area contributed by atoms with Crippen molar-refractivity contribution in [3.63, 3.8) is 0 Å². The maximum atomic E-state index is 13.6. The fraction of sp³-hybridized carbons (Fsp3) is 0.261. The van der Waals surface area contributed by atoms with E-state index >= 15 is 0 Å². The van der Waals surface area contributed by atoms with Gasteiger partial charge in [0.2, 0.25) is 5.95 Å². The summed E-state index contributed by atoms with van der Waals surface area (Å²) in [6.07, 6.45) is 1.75. The van der Waals surface area contributed by atoms with Crippen LogP contribution in [0.1, 0.15) is 25.5 Å². The molecule has 7 nitrogen and oxygen atoms in total. The van der Waals surface area contributed by atoms with E-state index in [1.807, 2.05) is 56.3 Å². The van der Waals surface area contributed by atoms with Gasteiger partial charge in [0, 0.05) is 41.3 Å². The third kappa shape index (κ3) is 4.33. The molecule has 2 aromatic carbocycles. The van der Waals surface area contributed by atoms with E-state index in [9.17, 15) is 9.90 Å². The van der Waals surface area contributed by atoms with E-state index in [0.717, 1.165) is 16.9 Å². The summed E-state index contributed by atoms with van der Waals surface area (Å²) in [4.78, 5) is 26.0. The van der Waals surface area contributed by atoms with Crippen LogP contribution in [0.3, 0.4) is 0 Å². The molecule has 2 atom stereocenters. The van der Waals surface area contributed by atoms with Crippen LogP contribution in [0, 0.1) is 5.92 Å². The van der Waals surface area contributed by atoms with Gasteiger partial charge in [-0.05, 0) is 49.2 Å².